The van der Waals surface area contributed by atoms with Crippen molar-refractivity contribution < 1.29 is 15.0 Å². The molecule has 1 aromatic carbocycles. The zero-order valence-corrected chi connectivity index (χ0v) is 10.2. The third-order valence-corrected chi connectivity index (χ3v) is 3.64. The Morgan fingerprint density at radius 3 is 2.95 bits per heavy atom. The van der Waals surface area contributed by atoms with Gasteiger partial charge in [0.2, 0.25) is 0 Å². The fourth-order valence-corrected chi connectivity index (χ4v) is 2.56. The molecule has 6 heteroatoms. The normalized spacial score (nSPS) is 18.4. The quantitative estimate of drug-likeness (QED) is 0.604. The minimum absolute atomic E-state index is 0.0414. The number of pyridine rings is 1. The zero-order valence-electron chi connectivity index (χ0n) is 10.2. The van der Waals surface area contributed by atoms with Gasteiger partial charge in [-0.25, -0.2) is 4.98 Å². The fourth-order valence-electron chi connectivity index (χ4n) is 2.56. The van der Waals surface area contributed by atoms with Crippen LogP contribution in [0.2, 0.25) is 0 Å². The van der Waals surface area contributed by atoms with Crippen molar-refractivity contribution in [1.82, 2.24) is 4.98 Å². The molecule has 0 spiro atoms. The van der Waals surface area contributed by atoms with Gasteiger partial charge in [-0.15, -0.1) is 0 Å². The lowest BCUT2D eigenvalue weighted by molar-refractivity contribution is -0.187. The summed E-state index contributed by atoms with van der Waals surface area (Å²) in [5.41, 5.74) is 1.58. The molecule has 0 radical (unpaired) electrons. The molecular formula is C14H9N3O3. The second-order valence-electron chi connectivity index (χ2n) is 4.83. The number of Topliss-reactive ketones (excluding diaryl/α,β-unsaturated/α-hetero) is 1. The predicted molar refractivity (Wildman–Crippen MR) is 70.3 cm³/mol. The van der Waals surface area contributed by atoms with Crippen LogP contribution in [-0.2, 0) is 10.6 Å². The predicted octanol–water partition coefficient (Wildman–Crippen LogP) is -0.907. The maximum Gasteiger partial charge on any atom is 0.253 e. The van der Waals surface area contributed by atoms with Crippen molar-refractivity contribution in [1.29, 1.82) is 0 Å². The molecule has 2 N–H and O–H groups in total. The molecule has 0 unspecified atom stereocenters. The summed E-state index contributed by atoms with van der Waals surface area (Å²) in [6.07, 6.45) is 3.16. The fraction of sp³-hybridized carbons (Fsp3) is 0.143. The van der Waals surface area contributed by atoms with Gasteiger partial charge in [0, 0.05) is 22.9 Å². The highest BCUT2D eigenvalue weighted by Gasteiger charge is 2.38. The summed E-state index contributed by atoms with van der Waals surface area (Å²) in [7, 11) is 0. The van der Waals surface area contributed by atoms with Crippen molar-refractivity contribution >= 4 is 29.0 Å². The monoisotopic (exact) mass is 267 g/mol. The number of fused-ring (bicyclic) bond motifs is 4. The van der Waals surface area contributed by atoms with Crippen LogP contribution >= 0.6 is 0 Å². The molecule has 0 amide bonds. The van der Waals surface area contributed by atoms with Gasteiger partial charge in [-0.2, -0.15) is 10.2 Å². The van der Waals surface area contributed by atoms with Crippen LogP contribution in [0.25, 0.3) is 17.0 Å². The van der Waals surface area contributed by atoms with Crippen molar-refractivity contribution in [3.05, 3.63) is 40.0 Å². The molecule has 6 nitrogen and oxygen atoms in total. The molecule has 0 fully saturated rings. The average molecular weight is 267 g/mol. The topological polar surface area (TPSA) is 95.1 Å². The van der Waals surface area contributed by atoms with Gasteiger partial charge in [-0.05, 0) is 18.2 Å². The smallest absolute Gasteiger partial charge is 0.253 e. The Labute approximate surface area is 112 Å². The van der Waals surface area contributed by atoms with Gasteiger partial charge in [0.15, 0.2) is 5.78 Å². The summed E-state index contributed by atoms with van der Waals surface area (Å²) >= 11 is 0. The Morgan fingerprint density at radius 2 is 2.10 bits per heavy atom. The Morgan fingerprint density at radius 1 is 1.25 bits per heavy atom. The van der Waals surface area contributed by atoms with E-state index in [-0.39, 0.29) is 12.0 Å². The lowest BCUT2D eigenvalue weighted by atomic mass is 9.92. The summed E-state index contributed by atoms with van der Waals surface area (Å²) in [5.74, 6) is -3.14. The molecule has 0 bridgehead atoms. The second-order valence-corrected chi connectivity index (χ2v) is 4.83. The maximum atomic E-state index is 11.6. The van der Waals surface area contributed by atoms with Crippen LogP contribution in [-0.4, -0.2) is 27.2 Å². The lowest BCUT2D eigenvalue weighted by Crippen LogP contribution is -2.43. The maximum absolute atomic E-state index is 11.6. The molecule has 98 valence electrons. The van der Waals surface area contributed by atoms with E-state index in [1.165, 1.54) is 0 Å². The third-order valence-electron chi connectivity index (χ3n) is 3.64. The van der Waals surface area contributed by atoms with Gasteiger partial charge in [0.1, 0.15) is 0 Å². The Bertz CT molecular complexity index is 929. The molecule has 2 aliphatic rings. The molecule has 1 aliphatic carbocycles. The first-order valence-corrected chi connectivity index (χ1v) is 6.11. The number of aromatic nitrogens is 1. The number of hydrogen-bond acceptors (Lipinski definition) is 6. The number of aliphatic hydroxyl groups is 2. The number of rotatable bonds is 0. The van der Waals surface area contributed by atoms with Gasteiger partial charge in [-0.1, -0.05) is 6.08 Å². The Kier molecular flexibility index (Phi) is 2.03. The van der Waals surface area contributed by atoms with E-state index < -0.39 is 11.6 Å². The highest BCUT2D eigenvalue weighted by molar-refractivity contribution is 6.00. The van der Waals surface area contributed by atoms with Crippen molar-refractivity contribution in [3.8, 4) is 0 Å². The van der Waals surface area contributed by atoms with Crippen LogP contribution in [0.5, 0.6) is 0 Å². The molecule has 20 heavy (non-hydrogen) atoms. The summed E-state index contributed by atoms with van der Waals surface area (Å²) < 4.78 is 0. The molecule has 0 atom stereocenters. The molecule has 1 aromatic heterocycles. The zero-order chi connectivity index (χ0) is 13.9. The van der Waals surface area contributed by atoms with E-state index in [4.69, 9.17) is 0 Å². The number of hydrogen-bond donors (Lipinski definition) is 2. The molecular weight excluding hydrogens is 258 g/mol. The van der Waals surface area contributed by atoms with Crippen LogP contribution in [0.15, 0.2) is 28.4 Å². The second kappa shape index (κ2) is 3.56. The first kappa shape index (κ1) is 11.4. The van der Waals surface area contributed by atoms with E-state index in [0.29, 0.717) is 21.6 Å². The van der Waals surface area contributed by atoms with E-state index >= 15 is 0 Å². The summed E-state index contributed by atoms with van der Waals surface area (Å²) in [5, 5.41) is 29.6. The van der Waals surface area contributed by atoms with E-state index in [1.807, 2.05) is 6.07 Å². The van der Waals surface area contributed by atoms with Crippen LogP contribution in [0.3, 0.4) is 0 Å². The highest BCUT2D eigenvalue weighted by Crippen LogP contribution is 2.24. The SMILES string of the molecule is O=C1CC=c2nc3ccc4c(c3cc2C1(O)O)C=NN=4. The molecule has 0 saturated heterocycles. The van der Waals surface area contributed by atoms with Gasteiger partial charge < -0.3 is 10.2 Å². The lowest BCUT2D eigenvalue weighted by Gasteiger charge is -2.23. The average Bonchev–Trinajstić information content (AvgIpc) is 2.90. The number of carbonyl (C=O) groups is 1. The number of nitrogens with zero attached hydrogens (tertiary/aromatic N) is 3. The molecule has 2 aromatic rings. The van der Waals surface area contributed by atoms with Crippen LogP contribution in [0.1, 0.15) is 17.5 Å². The van der Waals surface area contributed by atoms with Gasteiger partial charge in [-0.3, -0.25) is 4.79 Å². The van der Waals surface area contributed by atoms with Crippen molar-refractivity contribution in [2.75, 3.05) is 0 Å². The van der Waals surface area contributed by atoms with Crippen LogP contribution < -0.4 is 10.7 Å². The molecule has 2 heterocycles. The Hall–Kier alpha value is -2.44. The first-order valence-electron chi connectivity index (χ1n) is 6.11. The van der Waals surface area contributed by atoms with E-state index in [1.54, 1.807) is 24.4 Å². The Balaban J connectivity index is 2.16. The van der Waals surface area contributed by atoms with Crippen molar-refractivity contribution in [2.45, 2.75) is 12.2 Å². The summed E-state index contributed by atoms with van der Waals surface area (Å²) in [4.78, 5) is 16.0. The van der Waals surface area contributed by atoms with Gasteiger partial charge >= 0.3 is 0 Å². The highest BCUT2D eigenvalue weighted by atomic mass is 16.5. The summed E-state index contributed by atoms with van der Waals surface area (Å²) in [6.45, 7) is 0. The standard InChI is InChI=1S/C14H9N3O3/c18-13-4-3-12-9(14(13,19)20)5-7-8-6-15-17-11(8)2-1-10(7)16-12/h1-3,5-6,19-20H,4H2. The minimum atomic E-state index is -2.49. The molecule has 1 aliphatic heterocycles. The number of carbonyl (C=O) groups excluding carboxylic acids is 1. The van der Waals surface area contributed by atoms with Crippen LogP contribution in [0, 0.1) is 0 Å². The van der Waals surface area contributed by atoms with E-state index in [2.05, 4.69) is 15.2 Å². The summed E-state index contributed by atoms with van der Waals surface area (Å²) in [6, 6.07) is 5.19. The van der Waals surface area contributed by atoms with E-state index in [9.17, 15) is 15.0 Å². The van der Waals surface area contributed by atoms with Gasteiger partial charge in [0.25, 0.3) is 5.79 Å². The van der Waals surface area contributed by atoms with Crippen molar-refractivity contribution in [3.63, 3.8) is 0 Å². The van der Waals surface area contributed by atoms with E-state index in [0.717, 1.165) is 5.56 Å². The van der Waals surface area contributed by atoms with Crippen LogP contribution in [0.4, 0.5) is 0 Å². The molecule has 4 rings (SSSR count). The minimum Gasteiger partial charge on any atom is -0.356 e. The molecule has 0 saturated carbocycles. The first-order chi connectivity index (χ1) is 9.57. The largest absolute Gasteiger partial charge is 0.356 e. The van der Waals surface area contributed by atoms with Gasteiger partial charge in [0.05, 0.1) is 22.4 Å². The third kappa shape index (κ3) is 1.34. The number of ketones is 1. The number of benzene rings is 1. The van der Waals surface area contributed by atoms with Crippen molar-refractivity contribution in [2.24, 2.45) is 10.2 Å².